The standard InChI is InChI=1S/C21H16BrFN2O6/c1-2-30-18(26)11-31-17-8-3-12(10-16(17)22)9-15-19(27)24-21(29)25(20(15)28)14-6-4-13(23)5-7-14/h3-10H,2,11H2,1H3,(H,24,27,29). The van der Waals surface area contributed by atoms with Gasteiger partial charge in [0.25, 0.3) is 11.8 Å². The predicted octanol–water partition coefficient (Wildman–Crippen LogP) is 3.20. The quantitative estimate of drug-likeness (QED) is 0.379. The molecule has 0 saturated carbocycles. The summed E-state index contributed by atoms with van der Waals surface area (Å²) in [4.78, 5) is 49.4. The average molecular weight is 491 g/mol. The highest BCUT2D eigenvalue weighted by atomic mass is 79.9. The number of esters is 1. The highest BCUT2D eigenvalue weighted by molar-refractivity contribution is 9.10. The van der Waals surface area contributed by atoms with Crippen molar-refractivity contribution >= 4 is 51.5 Å². The zero-order valence-corrected chi connectivity index (χ0v) is 17.8. The number of ether oxygens (including phenoxy) is 2. The molecule has 0 bridgehead atoms. The third-order valence-electron chi connectivity index (χ3n) is 4.10. The molecule has 0 spiro atoms. The summed E-state index contributed by atoms with van der Waals surface area (Å²) in [5.41, 5.74) is 0.296. The maximum Gasteiger partial charge on any atom is 0.344 e. The van der Waals surface area contributed by atoms with Crippen LogP contribution in [0.3, 0.4) is 0 Å². The smallest absolute Gasteiger partial charge is 0.344 e. The molecule has 10 heteroatoms. The van der Waals surface area contributed by atoms with Crippen molar-refractivity contribution in [3.63, 3.8) is 0 Å². The van der Waals surface area contributed by atoms with Crippen LogP contribution in [0, 0.1) is 5.82 Å². The minimum Gasteiger partial charge on any atom is -0.481 e. The van der Waals surface area contributed by atoms with Gasteiger partial charge >= 0.3 is 12.0 Å². The fourth-order valence-electron chi connectivity index (χ4n) is 2.71. The Morgan fingerprint density at radius 1 is 1.16 bits per heavy atom. The molecule has 1 fully saturated rings. The summed E-state index contributed by atoms with van der Waals surface area (Å²) in [5.74, 6) is -2.39. The van der Waals surface area contributed by atoms with Crippen LogP contribution >= 0.6 is 15.9 Å². The van der Waals surface area contributed by atoms with Crippen LogP contribution in [0.4, 0.5) is 14.9 Å². The van der Waals surface area contributed by atoms with Gasteiger partial charge in [0, 0.05) is 0 Å². The van der Waals surface area contributed by atoms with E-state index in [1.165, 1.54) is 18.2 Å². The van der Waals surface area contributed by atoms with E-state index in [0.717, 1.165) is 17.0 Å². The molecule has 0 atom stereocenters. The van der Waals surface area contributed by atoms with E-state index in [2.05, 4.69) is 21.2 Å². The number of benzene rings is 2. The number of barbiturate groups is 1. The molecule has 8 nitrogen and oxygen atoms in total. The van der Waals surface area contributed by atoms with Crippen molar-refractivity contribution in [2.45, 2.75) is 6.92 Å². The molecule has 1 N–H and O–H groups in total. The second kappa shape index (κ2) is 9.52. The van der Waals surface area contributed by atoms with E-state index in [1.807, 2.05) is 0 Å². The fourth-order valence-corrected chi connectivity index (χ4v) is 3.22. The monoisotopic (exact) mass is 490 g/mol. The Morgan fingerprint density at radius 3 is 2.52 bits per heavy atom. The fraction of sp³-hybridized carbons (Fsp3) is 0.143. The molecule has 0 unspecified atom stereocenters. The maximum absolute atomic E-state index is 13.2. The van der Waals surface area contributed by atoms with Crippen LogP contribution < -0.4 is 15.0 Å². The van der Waals surface area contributed by atoms with E-state index in [4.69, 9.17) is 9.47 Å². The first-order valence-electron chi connectivity index (χ1n) is 9.05. The van der Waals surface area contributed by atoms with Crippen molar-refractivity contribution in [1.29, 1.82) is 0 Å². The topological polar surface area (TPSA) is 102 Å². The van der Waals surface area contributed by atoms with Gasteiger partial charge in [0.05, 0.1) is 16.8 Å². The molecule has 0 aliphatic carbocycles. The number of carbonyl (C=O) groups excluding carboxylic acids is 4. The summed E-state index contributed by atoms with van der Waals surface area (Å²) in [6.07, 6.45) is 1.31. The first kappa shape index (κ1) is 22.2. The molecule has 0 aromatic heterocycles. The summed E-state index contributed by atoms with van der Waals surface area (Å²) < 4.78 is 23.8. The van der Waals surface area contributed by atoms with Gasteiger partial charge in [-0.05, 0) is 70.9 Å². The molecule has 31 heavy (non-hydrogen) atoms. The molecule has 160 valence electrons. The summed E-state index contributed by atoms with van der Waals surface area (Å²) >= 11 is 3.30. The summed E-state index contributed by atoms with van der Waals surface area (Å²) in [6.45, 7) is 1.65. The molecule has 2 aromatic rings. The second-order valence-electron chi connectivity index (χ2n) is 6.22. The van der Waals surface area contributed by atoms with E-state index in [1.54, 1.807) is 25.1 Å². The Balaban J connectivity index is 1.84. The number of anilines is 1. The van der Waals surface area contributed by atoms with Crippen molar-refractivity contribution < 1.29 is 33.0 Å². The van der Waals surface area contributed by atoms with Crippen LogP contribution in [0.1, 0.15) is 12.5 Å². The molecule has 1 heterocycles. The third kappa shape index (κ3) is 5.15. The van der Waals surface area contributed by atoms with Crippen molar-refractivity contribution in [2.75, 3.05) is 18.1 Å². The Hall–Kier alpha value is -3.53. The number of hydrogen-bond acceptors (Lipinski definition) is 6. The minimum atomic E-state index is -0.928. The lowest BCUT2D eigenvalue weighted by Gasteiger charge is -2.26. The zero-order valence-electron chi connectivity index (χ0n) is 16.2. The van der Waals surface area contributed by atoms with Gasteiger partial charge in [-0.1, -0.05) is 6.07 Å². The first-order chi connectivity index (χ1) is 14.8. The molecule has 0 radical (unpaired) electrons. The minimum absolute atomic E-state index is 0.117. The Morgan fingerprint density at radius 2 is 1.87 bits per heavy atom. The number of urea groups is 1. The normalized spacial score (nSPS) is 15.1. The Kier molecular flexibility index (Phi) is 6.81. The molecular weight excluding hydrogens is 475 g/mol. The van der Waals surface area contributed by atoms with Crippen LogP contribution in [0.5, 0.6) is 5.75 Å². The lowest BCUT2D eigenvalue weighted by Crippen LogP contribution is -2.54. The molecule has 1 aliphatic rings. The molecule has 4 amide bonds. The van der Waals surface area contributed by atoms with Crippen LogP contribution in [0.25, 0.3) is 6.08 Å². The SMILES string of the molecule is CCOC(=O)COc1ccc(C=C2C(=O)NC(=O)N(c3ccc(F)cc3)C2=O)cc1Br. The number of nitrogens with zero attached hydrogens (tertiary/aromatic N) is 1. The van der Waals surface area contributed by atoms with Crippen LogP contribution in [0.2, 0.25) is 0 Å². The summed E-state index contributed by atoms with van der Waals surface area (Å²) in [5, 5.41) is 2.09. The highest BCUT2D eigenvalue weighted by Gasteiger charge is 2.36. The zero-order chi connectivity index (χ0) is 22.5. The highest BCUT2D eigenvalue weighted by Crippen LogP contribution is 2.28. The van der Waals surface area contributed by atoms with Crippen molar-refractivity contribution in [3.05, 3.63) is 63.9 Å². The van der Waals surface area contributed by atoms with Crippen LogP contribution in [-0.4, -0.2) is 37.0 Å². The van der Waals surface area contributed by atoms with E-state index in [9.17, 15) is 23.6 Å². The predicted molar refractivity (Wildman–Crippen MR) is 112 cm³/mol. The number of hydrogen-bond donors (Lipinski definition) is 1. The van der Waals surface area contributed by atoms with Crippen molar-refractivity contribution in [1.82, 2.24) is 5.32 Å². The summed E-state index contributed by atoms with van der Waals surface area (Å²) in [6, 6.07) is 8.47. The van der Waals surface area contributed by atoms with E-state index in [0.29, 0.717) is 15.8 Å². The van der Waals surface area contributed by atoms with Gasteiger partial charge in [0.1, 0.15) is 17.1 Å². The number of rotatable bonds is 6. The van der Waals surface area contributed by atoms with Gasteiger partial charge in [0.15, 0.2) is 6.61 Å². The molecule has 2 aromatic carbocycles. The molecule has 1 saturated heterocycles. The molecule has 1 aliphatic heterocycles. The number of halogens is 2. The van der Waals surface area contributed by atoms with Crippen molar-refractivity contribution in [2.24, 2.45) is 0 Å². The molecular formula is C21H16BrFN2O6. The largest absolute Gasteiger partial charge is 0.481 e. The second-order valence-corrected chi connectivity index (χ2v) is 7.07. The number of imide groups is 2. The lowest BCUT2D eigenvalue weighted by molar-refractivity contribution is -0.145. The van der Waals surface area contributed by atoms with Gasteiger partial charge in [-0.2, -0.15) is 0 Å². The Bertz CT molecular complexity index is 1080. The number of nitrogens with one attached hydrogen (secondary N) is 1. The molecule has 3 rings (SSSR count). The third-order valence-corrected chi connectivity index (χ3v) is 4.72. The van der Waals surface area contributed by atoms with Gasteiger partial charge in [-0.15, -0.1) is 0 Å². The number of amides is 4. The van der Waals surface area contributed by atoms with Crippen molar-refractivity contribution in [3.8, 4) is 5.75 Å². The van der Waals surface area contributed by atoms with Gasteiger partial charge in [0.2, 0.25) is 0 Å². The summed E-state index contributed by atoms with van der Waals surface area (Å²) in [7, 11) is 0. The average Bonchev–Trinajstić information content (AvgIpc) is 2.72. The maximum atomic E-state index is 13.2. The van der Waals surface area contributed by atoms with Gasteiger partial charge in [-0.25, -0.2) is 18.9 Å². The lowest BCUT2D eigenvalue weighted by atomic mass is 10.1. The van der Waals surface area contributed by atoms with Gasteiger partial charge < -0.3 is 9.47 Å². The van der Waals surface area contributed by atoms with Crippen LogP contribution in [0.15, 0.2) is 52.5 Å². The first-order valence-corrected chi connectivity index (χ1v) is 9.84. The Labute approximate surface area is 184 Å². The van der Waals surface area contributed by atoms with Crippen LogP contribution in [-0.2, 0) is 19.1 Å². The van der Waals surface area contributed by atoms with Gasteiger partial charge in [-0.3, -0.25) is 14.9 Å². The van der Waals surface area contributed by atoms with E-state index < -0.39 is 29.6 Å². The van der Waals surface area contributed by atoms with E-state index in [-0.39, 0.29) is 24.5 Å². The number of carbonyl (C=O) groups is 4. The van der Waals surface area contributed by atoms with E-state index >= 15 is 0 Å².